The zero-order valence-electron chi connectivity index (χ0n) is 12.7. The molecule has 0 radical (unpaired) electrons. The lowest BCUT2D eigenvalue weighted by atomic mass is 10.0. The number of carbonyl (C=O) groups is 2. The Kier molecular flexibility index (Phi) is 3.67. The van der Waals surface area contributed by atoms with Gasteiger partial charge in [-0.25, -0.2) is 0 Å². The van der Waals surface area contributed by atoms with Crippen molar-refractivity contribution in [3.63, 3.8) is 0 Å². The number of aryl methyl sites for hydroxylation is 3. The van der Waals surface area contributed by atoms with Gasteiger partial charge in [0.05, 0.1) is 0 Å². The first kappa shape index (κ1) is 14.3. The first-order valence-corrected chi connectivity index (χ1v) is 7.34. The lowest BCUT2D eigenvalue weighted by Gasteiger charge is -2.18. The van der Waals surface area contributed by atoms with Gasteiger partial charge < -0.3 is 10.6 Å². The molecule has 2 aromatic carbocycles. The Morgan fingerprint density at radius 1 is 1.09 bits per heavy atom. The smallest absolute Gasteiger partial charge is 0.255 e. The maximum absolute atomic E-state index is 12.4. The molecule has 0 aromatic heterocycles. The van der Waals surface area contributed by atoms with Gasteiger partial charge in [0.1, 0.15) is 0 Å². The first-order valence-electron chi connectivity index (χ1n) is 7.34. The van der Waals surface area contributed by atoms with E-state index in [1.165, 1.54) is 0 Å². The van der Waals surface area contributed by atoms with Crippen molar-refractivity contribution < 1.29 is 9.59 Å². The van der Waals surface area contributed by atoms with Crippen molar-refractivity contribution in [2.75, 3.05) is 10.6 Å². The van der Waals surface area contributed by atoms with Crippen LogP contribution in [0.3, 0.4) is 0 Å². The number of benzene rings is 2. The largest absolute Gasteiger partial charge is 0.326 e. The van der Waals surface area contributed by atoms with Crippen LogP contribution in [0.25, 0.3) is 0 Å². The highest BCUT2D eigenvalue weighted by molar-refractivity contribution is 6.05. The van der Waals surface area contributed by atoms with Crippen LogP contribution in [0.1, 0.15) is 33.5 Å². The van der Waals surface area contributed by atoms with Crippen molar-refractivity contribution in [2.45, 2.75) is 26.7 Å². The van der Waals surface area contributed by atoms with E-state index in [2.05, 4.69) is 10.6 Å². The number of rotatable bonds is 2. The number of hydrogen-bond acceptors (Lipinski definition) is 2. The molecule has 0 saturated carbocycles. The minimum atomic E-state index is -0.114. The van der Waals surface area contributed by atoms with E-state index >= 15 is 0 Å². The molecule has 4 nitrogen and oxygen atoms in total. The van der Waals surface area contributed by atoms with Gasteiger partial charge in [-0.15, -0.1) is 0 Å². The molecule has 0 unspecified atom stereocenters. The number of nitrogens with one attached hydrogen (secondary N) is 2. The molecule has 1 aliphatic rings. The van der Waals surface area contributed by atoms with Gasteiger partial charge in [0.2, 0.25) is 5.91 Å². The minimum Gasteiger partial charge on any atom is -0.326 e. The maximum atomic E-state index is 12.4. The summed E-state index contributed by atoms with van der Waals surface area (Å²) in [6.07, 6.45) is 1.19. The standard InChI is InChI=1S/C18H18N2O2/c1-11-3-6-15(12(2)9-11)18(22)19-14-5-7-16-13(10-14)4-8-17(21)20-16/h3,5-7,9-10H,4,8H2,1-2H3,(H,19,22)(H,20,21). The Bertz CT molecular complexity index is 766. The maximum Gasteiger partial charge on any atom is 0.255 e. The molecular formula is C18H18N2O2. The zero-order chi connectivity index (χ0) is 15.7. The van der Waals surface area contributed by atoms with E-state index in [-0.39, 0.29) is 11.8 Å². The Hall–Kier alpha value is -2.62. The number of fused-ring (bicyclic) bond motifs is 1. The average molecular weight is 294 g/mol. The lowest BCUT2D eigenvalue weighted by molar-refractivity contribution is -0.116. The molecule has 1 aliphatic heterocycles. The van der Waals surface area contributed by atoms with Crippen LogP contribution in [0.5, 0.6) is 0 Å². The van der Waals surface area contributed by atoms with Crippen LogP contribution in [0.4, 0.5) is 11.4 Å². The predicted molar refractivity (Wildman–Crippen MR) is 87.3 cm³/mol. The van der Waals surface area contributed by atoms with Crippen LogP contribution in [-0.4, -0.2) is 11.8 Å². The van der Waals surface area contributed by atoms with E-state index in [4.69, 9.17) is 0 Å². The van der Waals surface area contributed by atoms with Crippen molar-refractivity contribution in [2.24, 2.45) is 0 Å². The van der Waals surface area contributed by atoms with Crippen molar-refractivity contribution in [3.8, 4) is 0 Å². The third-order valence-electron chi connectivity index (χ3n) is 3.89. The first-order chi connectivity index (χ1) is 10.5. The molecule has 3 rings (SSSR count). The summed E-state index contributed by atoms with van der Waals surface area (Å²) in [6, 6.07) is 11.4. The summed E-state index contributed by atoms with van der Waals surface area (Å²) in [6.45, 7) is 3.94. The zero-order valence-corrected chi connectivity index (χ0v) is 12.7. The predicted octanol–water partition coefficient (Wildman–Crippen LogP) is 3.44. The molecular weight excluding hydrogens is 276 g/mol. The summed E-state index contributed by atoms with van der Waals surface area (Å²) in [7, 11) is 0. The molecule has 0 fully saturated rings. The number of amides is 2. The second kappa shape index (κ2) is 5.64. The van der Waals surface area contributed by atoms with Gasteiger partial charge in [0.25, 0.3) is 5.91 Å². The molecule has 1 heterocycles. The second-order valence-electron chi connectivity index (χ2n) is 5.69. The van der Waals surface area contributed by atoms with E-state index < -0.39 is 0 Å². The van der Waals surface area contributed by atoms with Gasteiger partial charge >= 0.3 is 0 Å². The lowest BCUT2D eigenvalue weighted by Crippen LogP contribution is -2.19. The van der Waals surface area contributed by atoms with Crippen molar-refractivity contribution in [1.82, 2.24) is 0 Å². The molecule has 2 N–H and O–H groups in total. The van der Waals surface area contributed by atoms with Crippen molar-refractivity contribution in [1.29, 1.82) is 0 Å². The molecule has 0 saturated heterocycles. The third kappa shape index (κ3) is 2.86. The molecule has 2 amide bonds. The summed E-state index contributed by atoms with van der Waals surface area (Å²) in [4.78, 5) is 23.7. The minimum absolute atomic E-state index is 0.0413. The summed E-state index contributed by atoms with van der Waals surface area (Å²) in [5, 5.41) is 5.76. The normalized spacial score (nSPS) is 13.3. The fourth-order valence-electron chi connectivity index (χ4n) is 2.73. The highest BCUT2D eigenvalue weighted by Crippen LogP contribution is 2.26. The van der Waals surface area contributed by atoms with Crippen LogP contribution in [0.2, 0.25) is 0 Å². The number of anilines is 2. The summed E-state index contributed by atoms with van der Waals surface area (Å²) < 4.78 is 0. The van der Waals surface area contributed by atoms with Crippen LogP contribution < -0.4 is 10.6 Å². The Balaban J connectivity index is 1.81. The second-order valence-corrected chi connectivity index (χ2v) is 5.69. The van der Waals surface area contributed by atoms with E-state index in [1.807, 2.05) is 50.2 Å². The van der Waals surface area contributed by atoms with E-state index in [9.17, 15) is 9.59 Å². The van der Waals surface area contributed by atoms with Gasteiger partial charge in [-0.05, 0) is 55.7 Å². The van der Waals surface area contributed by atoms with Crippen molar-refractivity contribution in [3.05, 3.63) is 58.7 Å². The molecule has 2 aromatic rings. The molecule has 0 bridgehead atoms. The van der Waals surface area contributed by atoms with Gasteiger partial charge in [-0.2, -0.15) is 0 Å². The van der Waals surface area contributed by atoms with Crippen LogP contribution >= 0.6 is 0 Å². The summed E-state index contributed by atoms with van der Waals surface area (Å²) in [5.41, 5.74) is 5.41. The van der Waals surface area contributed by atoms with E-state index in [0.29, 0.717) is 18.4 Å². The van der Waals surface area contributed by atoms with Gasteiger partial charge in [0.15, 0.2) is 0 Å². The fraction of sp³-hybridized carbons (Fsp3) is 0.222. The third-order valence-corrected chi connectivity index (χ3v) is 3.89. The highest BCUT2D eigenvalue weighted by atomic mass is 16.2. The molecule has 0 spiro atoms. The molecule has 0 atom stereocenters. The van der Waals surface area contributed by atoms with Crippen molar-refractivity contribution >= 4 is 23.2 Å². The monoisotopic (exact) mass is 294 g/mol. The van der Waals surface area contributed by atoms with Gasteiger partial charge in [-0.1, -0.05) is 17.7 Å². The molecule has 0 aliphatic carbocycles. The van der Waals surface area contributed by atoms with E-state index in [0.717, 1.165) is 28.1 Å². The molecule has 112 valence electrons. The van der Waals surface area contributed by atoms with Gasteiger partial charge in [-0.3, -0.25) is 9.59 Å². The van der Waals surface area contributed by atoms with Crippen LogP contribution in [0.15, 0.2) is 36.4 Å². The SMILES string of the molecule is Cc1ccc(C(=O)Nc2ccc3c(c2)CCC(=O)N3)c(C)c1. The summed E-state index contributed by atoms with van der Waals surface area (Å²) in [5.74, 6) is -0.0724. The molecule has 22 heavy (non-hydrogen) atoms. The number of carbonyl (C=O) groups excluding carboxylic acids is 2. The Labute approximate surface area is 129 Å². The average Bonchev–Trinajstić information content (AvgIpc) is 2.47. The summed E-state index contributed by atoms with van der Waals surface area (Å²) >= 11 is 0. The van der Waals surface area contributed by atoms with Gasteiger partial charge in [0, 0.05) is 23.4 Å². The van der Waals surface area contributed by atoms with Crippen LogP contribution in [0, 0.1) is 13.8 Å². The highest BCUT2D eigenvalue weighted by Gasteiger charge is 2.16. The van der Waals surface area contributed by atoms with E-state index in [1.54, 1.807) is 0 Å². The Morgan fingerprint density at radius 3 is 2.68 bits per heavy atom. The topological polar surface area (TPSA) is 58.2 Å². The molecule has 4 heteroatoms. The Morgan fingerprint density at radius 2 is 1.91 bits per heavy atom. The number of hydrogen-bond donors (Lipinski definition) is 2. The van der Waals surface area contributed by atoms with Crippen LogP contribution in [-0.2, 0) is 11.2 Å². The quantitative estimate of drug-likeness (QED) is 0.891. The fourth-order valence-corrected chi connectivity index (χ4v) is 2.73.